The minimum Gasteiger partial charge on any atom is -0.387 e. The van der Waals surface area contributed by atoms with Gasteiger partial charge in [0.05, 0.1) is 23.9 Å². The van der Waals surface area contributed by atoms with Gasteiger partial charge in [0.1, 0.15) is 0 Å². The molecule has 0 aliphatic heterocycles. The Kier molecular flexibility index (Phi) is 5.81. The molecule has 0 saturated heterocycles. The monoisotopic (exact) mass is 345 g/mol. The molecular formula is C13H13Cl2N3O2S. The summed E-state index contributed by atoms with van der Waals surface area (Å²) in [6, 6.07) is 4.41. The standard InChI is InChI=1S/C13H13Cl2N3O2S/c14-9-1-8(2-10(15)3-9)12(19)5-17-13(20)16-4-11-6-21-7-18-11/h1-3,6-7,12,19H,4-5H2,(H2,16,17,20). The maximum atomic E-state index is 11.6. The van der Waals surface area contributed by atoms with E-state index in [1.807, 2.05) is 5.38 Å². The van der Waals surface area contributed by atoms with Crippen molar-refractivity contribution in [2.75, 3.05) is 6.54 Å². The molecule has 1 heterocycles. The third-order valence-corrected chi connectivity index (χ3v) is 3.71. The number of benzene rings is 1. The summed E-state index contributed by atoms with van der Waals surface area (Å²) in [6.07, 6.45) is -0.883. The van der Waals surface area contributed by atoms with Crippen LogP contribution in [0.25, 0.3) is 0 Å². The minimum atomic E-state index is -0.883. The molecular weight excluding hydrogens is 333 g/mol. The third kappa shape index (κ3) is 5.17. The van der Waals surface area contributed by atoms with Gasteiger partial charge in [0, 0.05) is 22.0 Å². The van der Waals surface area contributed by atoms with Crippen LogP contribution in [0.2, 0.25) is 10.0 Å². The Bertz CT molecular complexity index is 587. The summed E-state index contributed by atoms with van der Waals surface area (Å²) in [6.45, 7) is 0.397. The van der Waals surface area contributed by atoms with Crippen LogP contribution in [0.5, 0.6) is 0 Å². The average molecular weight is 346 g/mol. The zero-order chi connectivity index (χ0) is 15.2. The predicted molar refractivity (Wildman–Crippen MR) is 83.8 cm³/mol. The van der Waals surface area contributed by atoms with Gasteiger partial charge in [-0.3, -0.25) is 0 Å². The zero-order valence-electron chi connectivity index (χ0n) is 10.8. The Morgan fingerprint density at radius 1 is 1.29 bits per heavy atom. The summed E-state index contributed by atoms with van der Waals surface area (Å²) in [7, 11) is 0. The second-order valence-corrected chi connectivity index (χ2v) is 5.85. The molecule has 8 heteroatoms. The molecule has 2 aromatic rings. The molecule has 2 amide bonds. The van der Waals surface area contributed by atoms with Crippen LogP contribution in [0.15, 0.2) is 29.1 Å². The SMILES string of the molecule is O=C(NCc1cscn1)NCC(O)c1cc(Cl)cc(Cl)c1. The number of rotatable bonds is 5. The van der Waals surface area contributed by atoms with Gasteiger partial charge in [0.25, 0.3) is 0 Å². The lowest BCUT2D eigenvalue weighted by atomic mass is 10.1. The number of hydrogen-bond donors (Lipinski definition) is 3. The smallest absolute Gasteiger partial charge is 0.315 e. The molecule has 2 rings (SSSR count). The first-order valence-electron chi connectivity index (χ1n) is 6.07. The number of carbonyl (C=O) groups is 1. The van der Waals surface area contributed by atoms with Crippen molar-refractivity contribution >= 4 is 40.6 Å². The number of aromatic nitrogens is 1. The highest BCUT2D eigenvalue weighted by atomic mass is 35.5. The maximum absolute atomic E-state index is 11.6. The summed E-state index contributed by atoms with van der Waals surface area (Å²) in [4.78, 5) is 15.6. The van der Waals surface area contributed by atoms with Gasteiger partial charge >= 0.3 is 6.03 Å². The molecule has 1 aromatic carbocycles. The van der Waals surface area contributed by atoms with E-state index in [1.165, 1.54) is 11.3 Å². The predicted octanol–water partition coefficient (Wildman–Crippen LogP) is 2.98. The first-order valence-corrected chi connectivity index (χ1v) is 7.77. The molecule has 0 aliphatic rings. The Morgan fingerprint density at radius 2 is 2.00 bits per heavy atom. The van der Waals surface area contributed by atoms with Gasteiger partial charge in [-0.05, 0) is 23.8 Å². The number of halogens is 2. The fourth-order valence-electron chi connectivity index (χ4n) is 1.63. The quantitative estimate of drug-likeness (QED) is 0.779. The van der Waals surface area contributed by atoms with Crippen LogP contribution < -0.4 is 10.6 Å². The number of aliphatic hydroxyl groups excluding tert-OH is 1. The van der Waals surface area contributed by atoms with E-state index in [4.69, 9.17) is 23.2 Å². The number of nitrogens with one attached hydrogen (secondary N) is 2. The van der Waals surface area contributed by atoms with Crippen LogP contribution in [-0.2, 0) is 6.54 Å². The highest BCUT2D eigenvalue weighted by Gasteiger charge is 2.11. The van der Waals surface area contributed by atoms with E-state index in [2.05, 4.69) is 15.6 Å². The highest BCUT2D eigenvalue weighted by molar-refractivity contribution is 7.07. The van der Waals surface area contributed by atoms with Crippen LogP contribution in [0.4, 0.5) is 4.79 Å². The molecule has 3 N–H and O–H groups in total. The molecule has 0 saturated carbocycles. The van der Waals surface area contributed by atoms with Crippen LogP contribution in [0.1, 0.15) is 17.4 Å². The van der Waals surface area contributed by atoms with Gasteiger partial charge in [-0.25, -0.2) is 9.78 Å². The van der Waals surface area contributed by atoms with Crippen molar-refractivity contribution in [3.8, 4) is 0 Å². The zero-order valence-corrected chi connectivity index (χ0v) is 13.2. The molecule has 21 heavy (non-hydrogen) atoms. The van der Waals surface area contributed by atoms with Crippen molar-refractivity contribution in [1.82, 2.24) is 15.6 Å². The molecule has 0 bridgehead atoms. The first-order chi connectivity index (χ1) is 10.0. The van der Waals surface area contributed by atoms with Crippen LogP contribution in [0.3, 0.4) is 0 Å². The lowest BCUT2D eigenvalue weighted by Gasteiger charge is -2.13. The lowest BCUT2D eigenvalue weighted by molar-refractivity contribution is 0.173. The number of carbonyl (C=O) groups excluding carboxylic acids is 1. The Balaban J connectivity index is 1.80. The summed E-state index contributed by atoms with van der Waals surface area (Å²) in [5.41, 5.74) is 3.03. The first kappa shape index (κ1) is 16.0. The Labute approximate surface area is 135 Å². The Hall–Kier alpha value is -1.34. The van der Waals surface area contributed by atoms with Crippen LogP contribution >= 0.6 is 34.5 Å². The van der Waals surface area contributed by atoms with Crippen LogP contribution in [-0.4, -0.2) is 22.7 Å². The molecule has 1 aromatic heterocycles. The fraction of sp³-hybridized carbons (Fsp3) is 0.231. The third-order valence-electron chi connectivity index (χ3n) is 2.64. The molecule has 0 aliphatic carbocycles. The van der Waals surface area contributed by atoms with Crippen molar-refractivity contribution in [1.29, 1.82) is 0 Å². The van der Waals surface area contributed by atoms with E-state index >= 15 is 0 Å². The molecule has 0 fully saturated rings. The van der Waals surface area contributed by atoms with Crippen molar-refractivity contribution in [3.63, 3.8) is 0 Å². The Morgan fingerprint density at radius 3 is 2.62 bits per heavy atom. The molecule has 1 atom stereocenters. The fourth-order valence-corrected chi connectivity index (χ4v) is 2.73. The van der Waals surface area contributed by atoms with Gasteiger partial charge in [-0.15, -0.1) is 11.3 Å². The van der Waals surface area contributed by atoms with E-state index < -0.39 is 6.10 Å². The van der Waals surface area contributed by atoms with Crippen molar-refractivity contribution in [3.05, 3.63) is 50.4 Å². The number of hydrogen-bond acceptors (Lipinski definition) is 4. The van der Waals surface area contributed by atoms with Crippen molar-refractivity contribution in [2.45, 2.75) is 12.6 Å². The molecule has 112 valence electrons. The maximum Gasteiger partial charge on any atom is 0.315 e. The molecule has 0 spiro atoms. The summed E-state index contributed by atoms with van der Waals surface area (Å²) < 4.78 is 0. The van der Waals surface area contributed by atoms with E-state index in [0.29, 0.717) is 22.2 Å². The van der Waals surface area contributed by atoms with Crippen molar-refractivity contribution < 1.29 is 9.90 Å². The minimum absolute atomic E-state index is 0.0551. The number of aliphatic hydroxyl groups is 1. The molecule has 1 unspecified atom stereocenters. The van der Waals surface area contributed by atoms with E-state index in [9.17, 15) is 9.90 Å². The summed E-state index contributed by atoms with van der Waals surface area (Å²) in [5.74, 6) is 0. The largest absolute Gasteiger partial charge is 0.387 e. The molecule has 0 radical (unpaired) electrons. The van der Waals surface area contributed by atoms with Crippen molar-refractivity contribution in [2.24, 2.45) is 0 Å². The van der Waals surface area contributed by atoms with Gasteiger partial charge < -0.3 is 15.7 Å². The van der Waals surface area contributed by atoms with Gasteiger partial charge in [-0.1, -0.05) is 23.2 Å². The van der Waals surface area contributed by atoms with E-state index in [0.717, 1.165) is 5.69 Å². The average Bonchev–Trinajstić information content (AvgIpc) is 2.94. The van der Waals surface area contributed by atoms with Crippen LogP contribution in [0, 0.1) is 0 Å². The second-order valence-electron chi connectivity index (χ2n) is 4.26. The lowest BCUT2D eigenvalue weighted by Crippen LogP contribution is -2.37. The topological polar surface area (TPSA) is 74.2 Å². The summed E-state index contributed by atoms with van der Waals surface area (Å²) >= 11 is 13.2. The second kappa shape index (κ2) is 7.61. The van der Waals surface area contributed by atoms with E-state index in [-0.39, 0.29) is 12.6 Å². The highest BCUT2D eigenvalue weighted by Crippen LogP contribution is 2.23. The normalized spacial score (nSPS) is 12.0. The summed E-state index contributed by atoms with van der Waals surface area (Å²) in [5, 5.41) is 17.9. The van der Waals surface area contributed by atoms with Gasteiger partial charge in [-0.2, -0.15) is 0 Å². The van der Waals surface area contributed by atoms with E-state index in [1.54, 1.807) is 23.7 Å². The number of thiazole rings is 1. The molecule has 5 nitrogen and oxygen atoms in total. The van der Waals surface area contributed by atoms with Gasteiger partial charge in [0.2, 0.25) is 0 Å². The van der Waals surface area contributed by atoms with Gasteiger partial charge in [0.15, 0.2) is 0 Å². The number of nitrogens with zero attached hydrogens (tertiary/aromatic N) is 1. The number of urea groups is 1. The number of amides is 2.